The van der Waals surface area contributed by atoms with Crippen molar-refractivity contribution >= 4 is 42.3 Å². The van der Waals surface area contributed by atoms with Crippen LogP contribution in [0.1, 0.15) is 34.1 Å². The molecule has 0 bridgehead atoms. The number of aromatic amines is 1. The highest BCUT2D eigenvalue weighted by atomic mass is 35.5. The molecule has 0 aromatic carbocycles. The Balaban J connectivity index is 0.00000242. The molecule has 0 saturated heterocycles. The number of anilines is 3. The van der Waals surface area contributed by atoms with E-state index in [0.717, 1.165) is 13.0 Å². The number of nitrogens with zero attached hydrogens (tertiary/aromatic N) is 1. The predicted octanol–water partition coefficient (Wildman–Crippen LogP) is 2.24. The highest BCUT2D eigenvalue weighted by Gasteiger charge is 2.36. The smallest absolute Gasteiger partial charge is 0.277 e. The molecule has 0 radical (unpaired) electrons. The van der Waals surface area contributed by atoms with Crippen molar-refractivity contribution in [1.29, 1.82) is 0 Å². The van der Waals surface area contributed by atoms with E-state index in [1.54, 1.807) is 0 Å². The molecule has 5 N–H and O–H groups in total. The first-order chi connectivity index (χ1) is 9.79. The number of ether oxygens (including phenoxy) is 1. The van der Waals surface area contributed by atoms with Gasteiger partial charge in [0, 0.05) is 6.61 Å². The third kappa shape index (κ3) is 5.44. The first-order valence-electron chi connectivity index (χ1n) is 7.32. The summed E-state index contributed by atoms with van der Waals surface area (Å²) in [5, 5.41) is 6.49. The van der Waals surface area contributed by atoms with Crippen LogP contribution in [0.3, 0.4) is 0 Å². The molecule has 1 aliphatic rings. The van der Waals surface area contributed by atoms with Gasteiger partial charge in [-0.1, -0.05) is 13.8 Å². The summed E-state index contributed by atoms with van der Waals surface area (Å²) in [6.45, 7) is 9.65. The molecule has 9 heteroatoms. The summed E-state index contributed by atoms with van der Waals surface area (Å²) in [5.74, 6) is 1.21. The molecule has 1 aromatic rings. The zero-order valence-corrected chi connectivity index (χ0v) is 15.6. The average Bonchev–Trinajstić information content (AvgIpc) is 2.33. The monoisotopic (exact) mass is 367 g/mol. The van der Waals surface area contributed by atoms with Crippen LogP contribution in [0, 0.1) is 5.92 Å². The second-order valence-corrected chi connectivity index (χ2v) is 6.48. The van der Waals surface area contributed by atoms with Gasteiger partial charge < -0.3 is 21.1 Å². The number of nitrogens with two attached hydrogens (primary N) is 1. The quantitative estimate of drug-likeness (QED) is 0.594. The fourth-order valence-corrected chi connectivity index (χ4v) is 2.23. The lowest BCUT2D eigenvalue weighted by Gasteiger charge is -2.41. The van der Waals surface area contributed by atoms with Gasteiger partial charge in [0.2, 0.25) is 5.95 Å². The van der Waals surface area contributed by atoms with Gasteiger partial charge in [0.25, 0.3) is 5.56 Å². The Kier molecular flexibility index (Phi) is 8.17. The number of aromatic nitrogens is 2. The summed E-state index contributed by atoms with van der Waals surface area (Å²) in [7, 11) is 0. The SMILES string of the molecule is CC(C)CCOCC1Nc2c(nc(N)[nH]c2=O)NC1(C)C.Cl.Cl. The van der Waals surface area contributed by atoms with Crippen molar-refractivity contribution in [2.45, 2.75) is 45.7 Å². The number of fused-ring (bicyclic) bond motifs is 1. The lowest BCUT2D eigenvalue weighted by atomic mass is 9.92. The van der Waals surface area contributed by atoms with Crippen molar-refractivity contribution in [1.82, 2.24) is 9.97 Å². The number of H-pyrrole nitrogens is 1. The van der Waals surface area contributed by atoms with E-state index >= 15 is 0 Å². The minimum absolute atomic E-state index is 0. The molecule has 0 fully saturated rings. The van der Waals surface area contributed by atoms with Gasteiger partial charge >= 0.3 is 0 Å². The van der Waals surface area contributed by atoms with Gasteiger partial charge in [-0.2, -0.15) is 4.98 Å². The summed E-state index contributed by atoms with van der Waals surface area (Å²) in [6, 6.07) is -0.0244. The Hall–Kier alpha value is -1.18. The molecule has 134 valence electrons. The van der Waals surface area contributed by atoms with E-state index < -0.39 is 0 Å². The number of hydrogen-bond acceptors (Lipinski definition) is 6. The minimum Gasteiger partial charge on any atom is -0.379 e. The number of nitrogens with one attached hydrogen (secondary N) is 3. The van der Waals surface area contributed by atoms with Crippen LogP contribution in [-0.2, 0) is 4.74 Å². The van der Waals surface area contributed by atoms with E-state index in [1.165, 1.54) is 0 Å². The van der Waals surface area contributed by atoms with Crippen LogP contribution in [0.2, 0.25) is 0 Å². The van der Waals surface area contributed by atoms with Gasteiger partial charge in [-0.05, 0) is 26.2 Å². The lowest BCUT2D eigenvalue weighted by molar-refractivity contribution is 0.103. The molecule has 23 heavy (non-hydrogen) atoms. The highest BCUT2D eigenvalue weighted by molar-refractivity contribution is 5.85. The Bertz CT molecular complexity index is 563. The van der Waals surface area contributed by atoms with E-state index in [2.05, 4.69) is 34.4 Å². The first kappa shape index (κ1) is 21.8. The van der Waals surface area contributed by atoms with Gasteiger partial charge in [0.05, 0.1) is 18.2 Å². The van der Waals surface area contributed by atoms with Crippen LogP contribution in [0.25, 0.3) is 0 Å². The van der Waals surface area contributed by atoms with Crippen molar-refractivity contribution < 1.29 is 4.74 Å². The number of rotatable bonds is 5. The van der Waals surface area contributed by atoms with E-state index in [-0.39, 0.29) is 47.9 Å². The Morgan fingerprint density at radius 2 is 2.00 bits per heavy atom. The summed E-state index contributed by atoms with van der Waals surface area (Å²) in [4.78, 5) is 18.6. The molecule has 1 unspecified atom stereocenters. The largest absolute Gasteiger partial charge is 0.379 e. The van der Waals surface area contributed by atoms with Crippen LogP contribution in [-0.4, -0.2) is 34.8 Å². The van der Waals surface area contributed by atoms with Gasteiger partial charge in [-0.25, -0.2) is 0 Å². The number of halogens is 2. The zero-order chi connectivity index (χ0) is 15.6. The normalized spacial score (nSPS) is 18.0. The van der Waals surface area contributed by atoms with Crippen LogP contribution >= 0.6 is 24.8 Å². The molecule has 2 heterocycles. The molecule has 0 saturated carbocycles. The molecular weight excluding hydrogens is 341 g/mol. The highest BCUT2D eigenvalue weighted by Crippen LogP contribution is 2.29. The number of nitrogen functional groups attached to an aromatic ring is 1. The van der Waals surface area contributed by atoms with Crippen LogP contribution in [0.15, 0.2) is 4.79 Å². The molecule has 0 aliphatic carbocycles. The summed E-state index contributed by atoms with van der Waals surface area (Å²) < 4.78 is 5.74. The van der Waals surface area contributed by atoms with Gasteiger partial charge in [0.1, 0.15) is 5.69 Å². The van der Waals surface area contributed by atoms with Crippen molar-refractivity contribution in [3.63, 3.8) is 0 Å². The number of hydrogen-bond donors (Lipinski definition) is 4. The second-order valence-electron chi connectivity index (χ2n) is 6.48. The molecule has 2 rings (SSSR count). The Morgan fingerprint density at radius 1 is 1.35 bits per heavy atom. The molecule has 1 atom stereocenters. The maximum Gasteiger partial charge on any atom is 0.277 e. The molecule has 7 nitrogen and oxygen atoms in total. The molecule has 0 spiro atoms. The van der Waals surface area contributed by atoms with Gasteiger partial charge in [-0.3, -0.25) is 9.78 Å². The fourth-order valence-electron chi connectivity index (χ4n) is 2.23. The van der Waals surface area contributed by atoms with Crippen LogP contribution in [0.5, 0.6) is 0 Å². The molecule has 1 aliphatic heterocycles. The second kappa shape index (κ2) is 8.61. The molecule has 1 aromatic heterocycles. The zero-order valence-electron chi connectivity index (χ0n) is 13.9. The van der Waals surface area contributed by atoms with E-state index in [4.69, 9.17) is 10.5 Å². The van der Waals surface area contributed by atoms with E-state index in [0.29, 0.717) is 24.0 Å². The lowest BCUT2D eigenvalue weighted by Crippen LogP contribution is -2.55. The Morgan fingerprint density at radius 3 is 2.61 bits per heavy atom. The van der Waals surface area contributed by atoms with Crippen molar-refractivity contribution in [2.24, 2.45) is 5.92 Å². The maximum absolute atomic E-state index is 11.9. The average molecular weight is 368 g/mol. The predicted molar refractivity (Wildman–Crippen MR) is 99.2 cm³/mol. The van der Waals surface area contributed by atoms with Crippen LogP contribution < -0.4 is 21.9 Å². The molecule has 0 amide bonds. The first-order valence-corrected chi connectivity index (χ1v) is 7.32. The standard InChI is InChI=1S/C14H25N5O2.2ClH/c1-8(2)5-6-21-7-9-14(3,4)19-11-10(16-9)12(20)18-13(15)17-11;;/h8-9,16H,5-7H2,1-4H3,(H4,15,17,18,19,20);2*1H. The van der Waals surface area contributed by atoms with E-state index in [9.17, 15) is 4.79 Å². The summed E-state index contributed by atoms with van der Waals surface area (Å²) >= 11 is 0. The molecular formula is C14H27Cl2N5O2. The summed E-state index contributed by atoms with van der Waals surface area (Å²) in [6.07, 6.45) is 1.02. The Labute approximate surface area is 149 Å². The van der Waals surface area contributed by atoms with Crippen molar-refractivity contribution in [3.05, 3.63) is 10.4 Å². The van der Waals surface area contributed by atoms with Crippen molar-refractivity contribution in [2.75, 3.05) is 29.6 Å². The topological polar surface area (TPSA) is 105 Å². The minimum atomic E-state index is -0.294. The third-order valence-corrected chi connectivity index (χ3v) is 3.69. The fraction of sp³-hybridized carbons (Fsp3) is 0.714. The third-order valence-electron chi connectivity index (χ3n) is 3.69. The van der Waals surface area contributed by atoms with Crippen molar-refractivity contribution in [3.8, 4) is 0 Å². The maximum atomic E-state index is 11.9. The van der Waals surface area contributed by atoms with Crippen LogP contribution in [0.4, 0.5) is 17.5 Å². The summed E-state index contributed by atoms with van der Waals surface area (Å²) in [5.41, 5.74) is 5.43. The van der Waals surface area contributed by atoms with E-state index in [1.807, 2.05) is 13.8 Å². The van der Waals surface area contributed by atoms with Gasteiger partial charge in [0.15, 0.2) is 5.82 Å². The van der Waals surface area contributed by atoms with Gasteiger partial charge in [-0.15, -0.1) is 24.8 Å².